The number of alkyl halides is 1. The molecule has 1 N–H and O–H groups in total. The van der Waals surface area contributed by atoms with E-state index in [1.54, 1.807) is 12.1 Å². The molecule has 1 aromatic heterocycles. The van der Waals surface area contributed by atoms with Gasteiger partial charge in [-0.1, -0.05) is 0 Å². The summed E-state index contributed by atoms with van der Waals surface area (Å²) < 4.78 is 30.8. The van der Waals surface area contributed by atoms with Crippen LogP contribution in [0.25, 0.3) is 0 Å². The molecule has 26 heavy (non-hydrogen) atoms. The molecule has 1 aromatic carbocycles. The van der Waals surface area contributed by atoms with Gasteiger partial charge in [0, 0.05) is 18.7 Å². The van der Waals surface area contributed by atoms with E-state index in [2.05, 4.69) is 4.98 Å². The summed E-state index contributed by atoms with van der Waals surface area (Å²) in [6.07, 6.45) is -2.14. The quantitative estimate of drug-likeness (QED) is 0.796. The number of methoxy groups -OCH3 is 1. The summed E-state index contributed by atoms with van der Waals surface area (Å²) in [6, 6.07) is 7.44. The highest BCUT2D eigenvalue weighted by Gasteiger charge is 2.37. The van der Waals surface area contributed by atoms with Gasteiger partial charge >= 0.3 is 11.7 Å². The van der Waals surface area contributed by atoms with Crippen LogP contribution in [-0.4, -0.2) is 41.5 Å². The Labute approximate surface area is 147 Å². The van der Waals surface area contributed by atoms with E-state index < -0.39 is 35.7 Å². The lowest BCUT2D eigenvalue weighted by Crippen LogP contribution is -2.32. The first-order valence-corrected chi connectivity index (χ1v) is 7.90. The van der Waals surface area contributed by atoms with E-state index in [1.807, 2.05) is 0 Å². The Morgan fingerprint density at radius 3 is 2.69 bits per heavy atom. The van der Waals surface area contributed by atoms with Crippen LogP contribution in [0.4, 0.5) is 4.39 Å². The second kappa shape index (κ2) is 7.52. The van der Waals surface area contributed by atoms with Gasteiger partial charge in [-0.05, 0) is 24.3 Å². The maximum absolute atomic E-state index is 14.2. The standard InChI is InChI=1S/C17H17FN2O6/c1-24-11-4-2-10(3-5-11)16(22)25-9-13-12(18)8-15(26-13)20-7-6-14(21)19-17(20)23/h2-7,12-13,15H,8-9H2,1H3,(H,19,21,23)/t12-,13-,15-/m1/s1. The van der Waals surface area contributed by atoms with Crippen molar-refractivity contribution in [2.45, 2.75) is 24.9 Å². The molecule has 0 amide bonds. The van der Waals surface area contributed by atoms with Gasteiger partial charge in [0.1, 0.15) is 30.9 Å². The van der Waals surface area contributed by atoms with Crippen molar-refractivity contribution in [3.63, 3.8) is 0 Å². The number of carbonyl (C=O) groups excluding carboxylic acids is 1. The summed E-state index contributed by atoms with van der Waals surface area (Å²) in [7, 11) is 1.51. The predicted molar refractivity (Wildman–Crippen MR) is 88.0 cm³/mol. The number of nitrogens with one attached hydrogen (secondary N) is 1. The third-order valence-electron chi connectivity index (χ3n) is 4.03. The van der Waals surface area contributed by atoms with Crippen LogP contribution in [0.2, 0.25) is 0 Å². The van der Waals surface area contributed by atoms with Crippen LogP contribution in [0.3, 0.4) is 0 Å². The van der Waals surface area contributed by atoms with Gasteiger partial charge in [0.15, 0.2) is 0 Å². The molecule has 0 radical (unpaired) electrons. The molecule has 1 fully saturated rings. The Bertz CT molecular complexity index is 891. The van der Waals surface area contributed by atoms with Crippen molar-refractivity contribution < 1.29 is 23.4 Å². The Morgan fingerprint density at radius 2 is 2.04 bits per heavy atom. The van der Waals surface area contributed by atoms with Crippen LogP contribution in [0.15, 0.2) is 46.1 Å². The number of benzene rings is 1. The highest BCUT2D eigenvalue weighted by molar-refractivity contribution is 5.89. The van der Waals surface area contributed by atoms with E-state index in [0.29, 0.717) is 11.3 Å². The predicted octanol–water partition coefficient (Wildman–Crippen LogP) is 1.03. The van der Waals surface area contributed by atoms with Gasteiger partial charge in [0.25, 0.3) is 5.56 Å². The molecule has 3 atom stereocenters. The third kappa shape index (κ3) is 3.83. The van der Waals surface area contributed by atoms with E-state index in [-0.39, 0.29) is 13.0 Å². The van der Waals surface area contributed by atoms with Crippen molar-refractivity contribution in [2.75, 3.05) is 13.7 Å². The number of ether oxygens (including phenoxy) is 3. The summed E-state index contributed by atoms with van der Waals surface area (Å²) in [5, 5.41) is 0. The Morgan fingerprint density at radius 1 is 1.31 bits per heavy atom. The molecule has 0 bridgehead atoms. The molecule has 1 aliphatic heterocycles. The molecule has 0 unspecified atom stereocenters. The molecule has 2 heterocycles. The topological polar surface area (TPSA) is 99.6 Å². The number of halogens is 1. The fourth-order valence-corrected chi connectivity index (χ4v) is 2.63. The number of aromatic amines is 1. The molecule has 0 saturated carbocycles. The van der Waals surface area contributed by atoms with Crippen molar-refractivity contribution in [3.8, 4) is 5.75 Å². The summed E-state index contributed by atoms with van der Waals surface area (Å²) >= 11 is 0. The van der Waals surface area contributed by atoms with Gasteiger partial charge in [-0.3, -0.25) is 14.3 Å². The molecule has 138 valence electrons. The molecular formula is C17H17FN2O6. The molecule has 0 aliphatic carbocycles. The summed E-state index contributed by atoms with van der Waals surface area (Å²) in [5.41, 5.74) is -0.941. The molecule has 8 nitrogen and oxygen atoms in total. The summed E-state index contributed by atoms with van der Waals surface area (Å²) in [6.45, 7) is -0.291. The first-order chi connectivity index (χ1) is 12.5. The molecule has 1 aliphatic rings. The Kier molecular flexibility index (Phi) is 5.17. The van der Waals surface area contributed by atoms with E-state index in [0.717, 1.165) is 10.6 Å². The van der Waals surface area contributed by atoms with Crippen molar-refractivity contribution in [3.05, 3.63) is 62.9 Å². The second-order valence-corrected chi connectivity index (χ2v) is 5.73. The Balaban J connectivity index is 1.60. The number of aromatic nitrogens is 2. The first kappa shape index (κ1) is 17.9. The van der Waals surface area contributed by atoms with Crippen LogP contribution >= 0.6 is 0 Å². The third-order valence-corrected chi connectivity index (χ3v) is 4.03. The van der Waals surface area contributed by atoms with Gasteiger partial charge < -0.3 is 14.2 Å². The van der Waals surface area contributed by atoms with Gasteiger partial charge in [0.2, 0.25) is 0 Å². The zero-order valence-corrected chi connectivity index (χ0v) is 13.9. The lowest BCUT2D eigenvalue weighted by Gasteiger charge is -2.15. The Hall–Kier alpha value is -2.94. The minimum atomic E-state index is -1.41. The van der Waals surface area contributed by atoms with E-state index in [9.17, 15) is 18.8 Å². The molecule has 0 spiro atoms. The van der Waals surface area contributed by atoms with Crippen molar-refractivity contribution in [2.24, 2.45) is 0 Å². The van der Waals surface area contributed by atoms with Crippen molar-refractivity contribution in [1.29, 1.82) is 0 Å². The number of rotatable bonds is 5. The molecule has 3 rings (SSSR count). The first-order valence-electron chi connectivity index (χ1n) is 7.90. The van der Waals surface area contributed by atoms with Crippen molar-refractivity contribution in [1.82, 2.24) is 9.55 Å². The highest BCUT2D eigenvalue weighted by atomic mass is 19.1. The number of esters is 1. The van der Waals surface area contributed by atoms with E-state index >= 15 is 0 Å². The minimum absolute atomic E-state index is 0.0866. The summed E-state index contributed by atoms with van der Waals surface area (Å²) in [5.74, 6) is -0.0215. The zero-order chi connectivity index (χ0) is 18.7. The molecular weight excluding hydrogens is 347 g/mol. The lowest BCUT2D eigenvalue weighted by atomic mass is 10.2. The normalized spacial score (nSPS) is 22.2. The van der Waals surface area contributed by atoms with Gasteiger partial charge in [-0.2, -0.15) is 0 Å². The average Bonchev–Trinajstić information content (AvgIpc) is 3.00. The van der Waals surface area contributed by atoms with Crippen LogP contribution in [0.5, 0.6) is 5.75 Å². The number of H-pyrrole nitrogens is 1. The van der Waals surface area contributed by atoms with Crippen molar-refractivity contribution >= 4 is 5.97 Å². The van der Waals surface area contributed by atoms with E-state index in [1.165, 1.54) is 25.4 Å². The zero-order valence-electron chi connectivity index (χ0n) is 13.9. The number of hydrogen-bond acceptors (Lipinski definition) is 6. The molecule has 2 aromatic rings. The van der Waals surface area contributed by atoms with Crippen LogP contribution < -0.4 is 16.0 Å². The van der Waals surface area contributed by atoms with E-state index in [4.69, 9.17) is 14.2 Å². The molecule has 1 saturated heterocycles. The fraction of sp³-hybridized carbons (Fsp3) is 0.353. The minimum Gasteiger partial charge on any atom is -0.497 e. The van der Waals surface area contributed by atoms with Crippen LogP contribution in [0.1, 0.15) is 23.0 Å². The second-order valence-electron chi connectivity index (χ2n) is 5.73. The maximum atomic E-state index is 14.2. The monoisotopic (exact) mass is 364 g/mol. The number of carbonyl (C=O) groups is 1. The van der Waals surface area contributed by atoms with Crippen LogP contribution in [0, 0.1) is 0 Å². The largest absolute Gasteiger partial charge is 0.497 e. The van der Waals surface area contributed by atoms with Gasteiger partial charge in [-0.15, -0.1) is 0 Å². The average molecular weight is 364 g/mol. The SMILES string of the molecule is COc1ccc(C(=O)OC[C@H]2O[C@@H](n3ccc(=O)[nH]c3=O)C[C@H]2F)cc1. The molecule has 9 heteroatoms. The fourth-order valence-electron chi connectivity index (χ4n) is 2.63. The highest BCUT2D eigenvalue weighted by Crippen LogP contribution is 2.30. The number of nitrogens with zero attached hydrogens (tertiary/aromatic N) is 1. The maximum Gasteiger partial charge on any atom is 0.338 e. The smallest absolute Gasteiger partial charge is 0.338 e. The number of hydrogen-bond donors (Lipinski definition) is 1. The van der Waals surface area contributed by atoms with Gasteiger partial charge in [-0.25, -0.2) is 14.0 Å². The summed E-state index contributed by atoms with van der Waals surface area (Å²) in [4.78, 5) is 36.9. The lowest BCUT2D eigenvalue weighted by molar-refractivity contribution is -0.0439. The van der Waals surface area contributed by atoms with Crippen LogP contribution in [-0.2, 0) is 9.47 Å². The van der Waals surface area contributed by atoms with Gasteiger partial charge in [0.05, 0.1) is 12.7 Å².